The number of nitrogens with zero attached hydrogens (tertiary/aromatic N) is 1. The van der Waals surface area contributed by atoms with Crippen molar-refractivity contribution >= 4 is 34.8 Å². The van der Waals surface area contributed by atoms with E-state index < -0.39 is 6.04 Å². The fourth-order valence-electron chi connectivity index (χ4n) is 4.06. The first-order valence-electron chi connectivity index (χ1n) is 11.0. The number of likely N-dealkylation sites (N-methyl/N-ethyl adjacent to an activating group) is 1. The average Bonchev–Trinajstić information content (AvgIpc) is 2.87. The van der Waals surface area contributed by atoms with Gasteiger partial charge in [0.25, 0.3) is 0 Å². The summed E-state index contributed by atoms with van der Waals surface area (Å²) in [6, 6.07) is 14.7. The highest BCUT2D eigenvalue weighted by Crippen LogP contribution is 2.34. The fourth-order valence-corrected chi connectivity index (χ4v) is 4.27. The van der Waals surface area contributed by atoms with Gasteiger partial charge in [-0.1, -0.05) is 41.9 Å². The summed E-state index contributed by atoms with van der Waals surface area (Å²) in [5.41, 5.74) is 2.37. The van der Waals surface area contributed by atoms with E-state index in [0.29, 0.717) is 29.2 Å². The van der Waals surface area contributed by atoms with E-state index in [-0.39, 0.29) is 39.3 Å². The lowest BCUT2D eigenvalue weighted by atomic mass is 9.84. The first-order valence-corrected chi connectivity index (χ1v) is 11.4. The number of rotatable bonds is 7. The normalized spacial score (nSPS) is 13.2. The zero-order chi connectivity index (χ0) is 25.3. The third-order valence-electron chi connectivity index (χ3n) is 6.19. The maximum Gasteiger partial charge on any atom is 0.241 e. The standard InChI is InChI=1S/C27H25ClN2O5/c1-15(30(2)14-16-9-10-23(34-3)24(11-16)35-4)27(33)29-22-13-20-19(12-21(22)28)25(31)17-7-5-6-8-18(17)26(20)32/h5-13,15H,14H2,1-4H3,(H,29,33)/t15-/m1/s1. The zero-order valence-corrected chi connectivity index (χ0v) is 20.6. The van der Waals surface area contributed by atoms with Gasteiger partial charge in [-0.25, -0.2) is 0 Å². The van der Waals surface area contributed by atoms with E-state index in [1.54, 1.807) is 45.4 Å². The number of nitrogens with one attached hydrogen (secondary N) is 1. The van der Waals surface area contributed by atoms with E-state index in [0.717, 1.165) is 5.56 Å². The van der Waals surface area contributed by atoms with Crippen molar-refractivity contribution in [2.45, 2.75) is 19.5 Å². The summed E-state index contributed by atoms with van der Waals surface area (Å²) in [4.78, 5) is 40.8. The second kappa shape index (κ2) is 9.90. The zero-order valence-electron chi connectivity index (χ0n) is 19.8. The molecule has 0 aromatic heterocycles. The molecule has 0 bridgehead atoms. The Kier molecular flexibility index (Phi) is 6.91. The van der Waals surface area contributed by atoms with E-state index in [1.807, 2.05) is 30.1 Å². The van der Waals surface area contributed by atoms with Crippen LogP contribution in [0.15, 0.2) is 54.6 Å². The number of ether oxygens (including phenoxy) is 2. The molecule has 0 unspecified atom stereocenters. The molecule has 1 aliphatic carbocycles. The van der Waals surface area contributed by atoms with Crippen LogP contribution < -0.4 is 14.8 Å². The van der Waals surface area contributed by atoms with Gasteiger partial charge in [0.1, 0.15) is 0 Å². The molecule has 1 aliphatic rings. The molecular weight excluding hydrogens is 468 g/mol. The van der Waals surface area contributed by atoms with Gasteiger partial charge in [0.15, 0.2) is 23.1 Å². The van der Waals surface area contributed by atoms with E-state index in [4.69, 9.17) is 21.1 Å². The van der Waals surface area contributed by atoms with Crippen LogP contribution in [0.25, 0.3) is 0 Å². The number of hydrogen-bond acceptors (Lipinski definition) is 6. The lowest BCUT2D eigenvalue weighted by Crippen LogP contribution is -2.39. The quantitative estimate of drug-likeness (QED) is 0.406. The number of ketones is 2. The Balaban J connectivity index is 1.52. The maximum atomic E-state index is 13.0. The maximum absolute atomic E-state index is 13.0. The largest absolute Gasteiger partial charge is 0.493 e. The number of hydrogen-bond donors (Lipinski definition) is 1. The van der Waals surface area contributed by atoms with E-state index in [1.165, 1.54) is 12.1 Å². The van der Waals surface area contributed by atoms with E-state index in [9.17, 15) is 14.4 Å². The fraction of sp³-hybridized carbons (Fsp3) is 0.222. The van der Waals surface area contributed by atoms with Crippen molar-refractivity contribution in [2.24, 2.45) is 0 Å². The molecule has 0 radical (unpaired) electrons. The van der Waals surface area contributed by atoms with E-state index in [2.05, 4.69) is 5.32 Å². The molecule has 3 aromatic rings. The van der Waals surface area contributed by atoms with Gasteiger partial charge in [-0.2, -0.15) is 0 Å². The molecule has 1 atom stereocenters. The molecule has 35 heavy (non-hydrogen) atoms. The highest BCUT2D eigenvalue weighted by Gasteiger charge is 2.31. The predicted octanol–water partition coefficient (Wildman–Crippen LogP) is 4.59. The van der Waals surface area contributed by atoms with E-state index >= 15 is 0 Å². The van der Waals surface area contributed by atoms with Crippen LogP contribution in [0.5, 0.6) is 11.5 Å². The Hall–Kier alpha value is -3.68. The van der Waals surface area contributed by atoms with Crippen molar-refractivity contribution in [1.82, 2.24) is 4.90 Å². The number of carbonyl (C=O) groups excluding carboxylic acids is 3. The van der Waals surface area contributed by atoms with Gasteiger partial charge in [-0.3, -0.25) is 19.3 Å². The van der Waals surface area contributed by atoms with Gasteiger partial charge in [0.2, 0.25) is 5.91 Å². The van der Waals surface area contributed by atoms with Gasteiger partial charge < -0.3 is 14.8 Å². The minimum absolute atomic E-state index is 0.187. The van der Waals surface area contributed by atoms with Gasteiger partial charge in [0, 0.05) is 28.8 Å². The topological polar surface area (TPSA) is 84.9 Å². The van der Waals surface area contributed by atoms with Gasteiger partial charge in [-0.15, -0.1) is 0 Å². The molecular formula is C27H25ClN2O5. The molecule has 0 aliphatic heterocycles. The number of amides is 1. The third-order valence-corrected chi connectivity index (χ3v) is 6.50. The molecule has 0 saturated heterocycles. The van der Waals surface area contributed by atoms with Gasteiger partial charge in [0.05, 0.1) is 31.0 Å². The smallest absolute Gasteiger partial charge is 0.241 e. The summed E-state index contributed by atoms with van der Waals surface area (Å²) in [5, 5.41) is 2.99. The molecule has 0 spiro atoms. The van der Waals surface area contributed by atoms with Crippen LogP contribution >= 0.6 is 11.6 Å². The number of methoxy groups -OCH3 is 2. The van der Waals surface area contributed by atoms with Crippen LogP contribution in [0.3, 0.4) is 0 Å². The first kappa shape index (κ1) is 24.4. The molecule has 0 saturated carbocycles. The molecule has 1 amide bonds. The summed E-state index contributed by atoms with van der Waals surface area (Å²) in [6.45, 7) is 2.25. The van der Waals surface area contributed by atoms with Crippen LogP contribution in [0.4, 0.5) is 5.69 Å². The minimum atomic E-state index is -0.520. The molecule has 7 nitrogen and oxygen atoms in total. The molecule has 4 rings (SSSR count). The molecule has 180 valence electrons. The lowest BCUT2D eigenvalue weighted by Gasteiger charge is -2.25. The molecule has 0 heterocycles. The summed E-state index contributed by atoms with van der Waals surface area (Å²) >= 11 is 6.40. The molecule has 0 fully saturated rings. The van der Waals surface area contributed by atoms with Crippen LogP contribution in [0.2, 0.25) is 5.02 Å². The highest BCUT2D eigenvalue weighted by molar-refractivity contribution is 6.36. The van der Waals surface area contributed by atoms with Crippen LogP contribution in [-0.4, -0.2) is 49.7 Å². The van der Waals surface area contributed by atoms with Crippen molar-refractivity contribution in [3.8, 4) is 11.5 Å². The van der Waals surface area contributed by atoms with Crippen molar-refractivity contribution in [3.63, 3.8) is 0 Å². The Labute approximate surface area is 208 Å². The number of carbonyl (C=O) groups is 3. The van der Waals surface area contributed by atoms with Crippen molar-refractivity contribution in [1.29, 1.82) is 0 Å². The molecule has 8 heteroatoms. The van der Waals surface area contributed by atoms with Crippen molar-refractivity contribution < 1.29 is 23.9 Å². The number of benzene rings is 3. The van der Waals surface area contributed by atoms with Crippen molar-refractivity contribution in [3.05, 3.63) is 87.4 Å². The minimum Gasteiger partial charge on any atom is -0.493 e. The third kappa shape index (κ3) is 4.65. The SMILES string of the molecule is COc1ccc(CN(C)[C@H](C)C(=O)Nc2cc3c(cc2Cl)C(=O)c2ccccc2C3=O)cc1OC. The monoisotopic (exact) mass is 492 g/mol. The Bertz CT molecular complexity index is 1340. The molecule has 3 aromatic carbocycles. The summed E-state index contributed by atoms with van der Waals surface area (Å²) in [6.07, 6.45) is 0. The van der Waals surface area contributed by atoms with Crippen LogP contribution in [0, 0.1) is 0 Å². The first-order chi connectivity index (χ1) is 16.7. The second-order valence-corrected chi connectivity index (χ2v) is 8.76. The summed E-state index contributed by atoms with van der Waals surface area (Å²) < 4.78 is 10.6. The summed E-state index contributed by atoms with van der Waals surface area (Å²) in [7, 11) is 4.97. The number of anilines is 1. The van der Waals surface area contributed by atoms with Crippen LogP contribution in [0.1, 0.15) is 44.3 Å². The van der Waals surface area contributed by atoms with Crippen molar-refractivity contribution in [2.75, 3.05) is 26.6 Å². The Morgan fingerprint density at radius 3 is 2.11 bits per heavy atom. The Morgan fingerprint density at radius 1 is 0.914 bits per heavy atom. The van der Waals surface area contributed by atoms with Crippen LogP contribution in [-0.2, 0) is 11.3 Å². The highest BCUT2D eigenvalue weighted by atomic mass is 35.5. The summed E-state index contributed by atoms with van der Waals surface area (Å²) in [5.74, 6) is 0.392. The van der Waals surface area contributed by atoms with Gasteiger partial charge >= 0.3 is 0 Å². The number of fused-ring (bicyclic) bond motifs is 2. The Morgan fingerprint density at radius 2 is 1.51 bits per heavy atom. The van der Waals surface area contributed by atoms with Gasteiger partial charge in [-0.05, 0) is 43.8 Å². The lowest BCUT2D eigenvalue weighted by molar-refractivity contribution is -0.120. The number of halogens is 1. The molecule has 1 N–H and O–H groups in total. The predicted molar refractivity (Wildman–Crippen MR) is 134 cm³/mol. The second-order valence-electron chi connectivity index (χ2n) is 8.35. The average molecular weight is 493 g/mol.